The Hall–Kier alpha value is -4.17. The van der Waals surface area contributed by atoms with E-state index in [1.165, 1.54) is 31.2 Å². The van der Waals surface area contributed by atoms with Crippen LogP contribution in [0.3, 0.4) is 0 Å². The van der Waals surface area contributed by atoms with Gasteiger partial charge in [-0.2, -0.15) is 0 Å². The largest absolute Gasteiger partial charge is 0.507 e. The minimum Gasteiger partial charge on any atom is -0.507 e. The van der Waals surface area contributed by atoms with Gasteiger partial charge in [0.15, 0.2) is 0 Å². The number of ether oxygens (including phenoxy) is 1. The van der Waals surface area contributed by atoms with E-state index in [1.54, 1.807) is 54.7 Å². The van der Waals surface area contributed by atoms with Crippen LogP contribution in [0.15, 0.2) is 72.6 Å². The van der Waals surface area contributed by atoms with Crippen molar-refractivity contribution >= 4 is 46.3 Å². The molecule has 1 fully saturated rings. The summed E-state index contributed by atoms with van der Waals surface area (Å²) in [6, 6.07) is 13.5. The van der Waals surface area contributed by atoms with Crippen LogP contribution in [-0.2, 0) is 14.4 Å². The highest BCUT2D eigenvalue weighted by atomic mass is 35.5. The van der Waals surface area contributed by atoms with Crippen LogP contribution in [0.1, 0.15) is 24.1 Å². The molecule has 1 unspecified atom stereocenters. The van der Waals surface area contributed by atoms with Crippen molar-refractivity contribution in [3.63, 3.8) is 0 Å². The number of nitrogens with one attached hydrogen (secondary N) is 1. The molecule has 0 saturated carbocycles. The van der Waals surface area contributed by atoms with Gasteiger partial charge in [-0.15, -0.1) is 0 Å². The first kappa shape index (κ1) is 23.0. The van der Waals surface area contributed by atoms with Gasteiger partial charge in [0.25, 0.3) is 11.7 Å². The Balaban J connectivity index is 1.90. The number of aliphatic hydroxyl groups excluding tert-OH is 1. The molecule has 0 bridgehead atoms. The van der Waals surface area contributed by atoms with E-state index in [1.807, 2.05) is 0 Å². The molecule has 1 atom stereocenters. The Morgan fingerprint density at radius 3 is 2.59 bits per heavy atom. The maximum atomic E-state index is 13.2. The molecule has 1 saturated heterocycles. The van der Waals surface area contributed by atoms with Crippen molar-refractivity contribution in [2.45, 2.75) is 13.0 Å². The highest BCUT2D eigenvalue weighted by molar-refractivity contribution is 6.51. The van der Waals surface area contributed by atoms with Gasteiger partial charge >= 0.3 is 0 Å². The van der Waals surface area contributed by atoms with E-state index in [-0.39, 0.29) is 27.8 Å². The number of anilines is 2. The molecule has 2 amide bonds. The predicted octanol–water partition coefficient (Wildman–Crippen LogP) is 4.33. The third kappa shape index (κ3) is 4.23. The van der Waals surface area contributed by atoms with E-state index in [9.17, 15) is 19.5 Å². The molecule has 1 aromatic heterocycles. The van der Waals surface area contributed by atoms with Gasteiger partial charge < -0.3 is 15.2 Å². The van der Waals surface area contributed by atoms with E-state index in [4.69, 9.17) is 16.3 Å². The van der Waals surface area contributed by atoms with E-state index in [0.29, 0.717) is 22.7 Å². The lowest BCUT2D eigenvalue weighted by Gasteiger charge is -2.25. The Labute approximate surface area is 200 Å². The van der Waals surface area contributed by atoms with Gasteiger partial charge in [0.05, 0.1) is 23.7 Å². The molecule has 2 heterocycles. The number of aromatic nitrogens is 1. The average Bonchev–Trinajstić information content (AvgIpc) is 3.09. The summed E-state index contributed by atoms with van der Waals surface area (Å²) in [4.78, 5) is 43.3. The number of ketones is 1. The molecule has 2 N–H and O–H groups in total. The lowest BCUT2D eigenvalue weighted by molar-refractivity contribution is -0.132. The maximum Gasteiger partial charge on any atom is 0.300 e. The number of hydrogen-bond donors (Lipinski definition) is 2. The molecular formula is C25H20ClN3O5. The molecule has 0 radical (unpaired) electrons. The topological polar surface area (TPSA) is 109 Å². The Bertz CT molecular complexity index is 1320. The van der Waals surface area contributed by atoms with Crippen molar-refractivity contribution < 1.29 is 24.2 Å². The molecule has 1 aliphatic heterocycles. The number of halogens is 1. The molecule has 9 heteroatoms. The number of hydrogen-bond acceptors (Lipinski definition) is 6. The van der Waals surface area contributed by atoms with Crippen molar-refractivity contribution in [3.8, 4) is 5.75 Å². The third-order valence-corrected chi connectivity index (χ3v) is 5.61. The molecule has 0 spiro atoms. The fraction of sp³-hybridized carbons (Fsp3) is 0.120. The zero-order valence-corrected chi connectivity index (χ0v) is 19.0. The zero-order valence-electron chi connectivity index (χ0n) is 18.3. The normalized spacial score (nSPS) is 17.0. The molecule has 2 aromatic carbocycles. The number of benzene rings is 2. The van der Waals surface area contributed by atoms with Crippen LogP contribution in [-0.4, -0.2) is 34.8 Å². The van der Waals surface area contributed by atoms with Crippen LogP contribution in [0.2, 0.25) is 5.02 Å². The Morgan fingerprint density at radius 2 is 1.94 bits per heavy atom. The van der Waals surface area contributed by atoms with Gasteiger partial charge in [0.2, 0.25) is 5.91 Å². The summed E-state index contributed by atoms with van der Waals surface area (Å²) in [5, 5.41) is 14.1. The van der Waals surface area contributed by atoms with Gasteiger partial charge in [-0.25, -0.2) is 0 Å². The van der Waals surface area contributed by atoms with Crippen molar-refractivity contribution in [2.75, 3.05) is 17.3 Å². The summed E-state index contributed by atoms with van der Waals surface area (Å²) in [5.41, 5.74) is 1.49. The average molecular weight is 478 g/mol. The standard InChI is InChI=1S/C25H20ClN3O5/c1-14(30)28-17-6-3-7-18(12-17)29-22(16-5-4-10-27-13-16)21(24(32)25(29)33)23(31)15-8-9-20(34-2)19(26)11-15/h3-13,22,31H,1-2H3,(H,28,30)/b23-21+. The number of nitrogens with zero attached hydrogens (tertiary/aromatic N) is 2. The fourth-order valence-electron chi connectivity index (χ4n) is 3.86. The van der Waals surface area contributed by atoms with Crippen LogP contribution < -0.4 is 15.0 Å². The number of carbonyl (C=O) groups excluding carboxylic acids is 3. The zero-order chi connectivity index (χ0) is 24.4. The van der Waals surface area contributed by atoms with Crippen LogP contribution in [0.5, 0.6) is 5.75 Å². The van der Waals surface area contributed by atoms with Crippen molar-refractivity contribution in [1.29, 1.82) is 0 Å². The fourth-order valence-corrected chi connectivity index (χ4v) is 4.12. The van der Waals surface area contributed by atoms with Crippen LogP contribution in [0.25, 0.3) is 5.76 Å². The third-order valence-electron chi connectivity index (χ3n) is 5.31. The summed E-state index contributed by atoms with van der Waals surface area (Å²) in [7, 11) is 1.46. The van der Waals surface area contributed by atoms with E-state index < -0.39 is 17.7 Å². The molecule has 0 aliphatic carbocycles. The van der Waals surface area contributed by atoms with Gasteiger partial charge in [-0.1, -0.05) is 23.7 Å². The van der Waals surface area contributed by atoms with Gasteiger partial charge in [0.1, 0.15) is 11.5 Å². The quantitative estimate of drug-likeness (QED) is 0.321. The number of amides is 2. The smallest absolute Gasteiger partial charge is 0.300 e. The van der Waals surface area contributed by atoms with E-state index in [0.717, 1.165) is 0 Å². The van der Waals surface area contributed by atoms with E-state index in [2.05, 4.69) is 10.3 Å². The van der Waals surface area contributed by atoms with Crippen molar-refractivity contribution in [2.24, 2.45) is 0 Å². The second kappa shape index (κ2) is 9.36. The van der Waals surface area contributed by atoms with Gasteiger partial charge in [-0.05, 0) is 48.0 Å². The minimum atomic E-state index is -0.956. The second-order valence-electron chi connectivity index (χ2n) is 7.54. The Morgan fingerprint density at radius 1 is 1.15 bits per heavy atom. The molecule has 1 aliphatic rings. The number of aliphatic hydroxyl groups is 1. The first-order valence-electron chi connectivity index (χ1n) is 10.2. The number of methoxy groups -OCH3 is 1. The molecule has 34 heavy (non-hydrogen) atoms. The number of rotatable bonds is 5. The SMILES string of the molecule is COc1ccc(/C(O)=C2\C(=O)C(=O)N(c3cccc(NC(C)=O)c3)C2c2cccnc2)cc1Cl. The highest BCUT2D eigenvalue weighted by Crippen LogP contribution is 2.43. The molecule has 172 valence electrons. The summed E-state index contributed by atoms with van der Waals surface area (Å²) < 4.78 is 5.15. The molecule has 3 aromatic rings. The molecular weight excluding hydrogens is 458 g/mol. The minimum absolute atomic E-state index is 0.107. The first-order valence-corrected chi connectivity index (χ1v) is 10.6. The van der Waals surface area contributed by atoms with Gasteiger partial charge in [0, 0.05) is 36.3 Å². The maximum absolute atomic E-state index is 13.2. The Kier molecular flexibility index (Phi) is 6.34. The number of Topliss-reactive ketones (excluding diaryl/α,β-unsaturated/α-hetero) is 1. The highest BCUT2D eigenvalue weighted by Gasteiger charge is 2.47. The van der Waals surface area contributed by atoms with Crippen LogP contribution in [0, 0.1) is 0 Å². The van der Waals surface area contributed by atoms with Crippen LogP contribution in [0.4, 0.5) is 11.4 Å². The lowest BCUT2D eigenvalue weighted by atomic mass is 9.96. The molecule has 8 nitrogen and oxygen atoms in total. The number of pyridine rings is 1. The predicted molar refractivity (Wildman–Crippen MR) is 128 cm³/mol. The summed E-state index contributed by atoms with van der Waals surface area (Å²) in [5.74, 6) is -1.94. The number of carbonyl (C=O) groups is 3. The van der Waals surface area contributed by atoms with Crippen molar-refractivity contribution in [1.82, 2.24) is 4.98 Å². The van der Waals surface area contributed by atoms with E-state index >= 15 is 0 Å². The lowest BCUT2D eigenvalue weighted by Crippen LogP contribution is -2.29. The monoisotopic (exact) mass is 477 g/mol. The summed E-state index contributed by atoms with van der Waals surface area (Å²) in [6.07, 6.45) is 3.09. The van der Waals surface area contributed by atoms with Gasteiger partial charge in [-0.3, -0.25) is 24.3 Å². The summed E-state index contributed by atoms with van der Waals surface area (Å²) >= 11 is 6.22. The molecule has 4 rings (SSSR count). The van der Waals surface area contributed by atoms with Crippen molar-refractivity contribution in [3.05, 3.63) is 88.7 Å². The first-order chi connectivity index (χ1) is 16.3. The second-order valence-corrected chi connectivity index (χ2v) is 7.94. The van der Waals surface area contributed by atoms with Crippen LogP contribution >= 0.6 is 11.6 Å². The summed E-state index contributed by atoms with van der Waals surface area (Å²) in [6.45, 7) is 1.37.